The Labute approximate surface area is 147 Å². The van der Waals surface area contributed by atoms with Crippen molar-refractivity contribution in [2.45, 2.75) is 77.4 Å². The van der Waals surface area contributed by atoms with E-state index in [1.807, 2.05) is 13.8 Å². The van der Waals surface area contributed by atoms with E-state index in [1.54, 1.807) is 0 Å². The number of aliphatic carboxylic acids is 2. The van der Waals surface area contributed by atoms with Crippen molar-refractivity contribution in [3.05, 3.63) is 0 Å². The van der Waals surface area contributed by atoms with Gasteiger partial charge in [0, 0.05) is 37.6 Å². The summed E-state index contributed by atoms with van der Waals surface area (Å²) in [6.45, 7) is 5.85. The summed E-state index contributed by atoms with van der Waals surface area (Å²) in [5.41, 5.74) is 0. The van der Waals surface area contributed by atoms with Gasteiger partial charge in [0.05, 0.1) is 0 Å². The summed E-state index contributed by atoms with van der Waals surface area (Å²) in [4.78, 5) is 40.4. The Balaban J connectivity index is -0.000000273. The van der Waals surface area contributed by atoms with Crippen LogP contribution in [0.1, 0.15) is 72.1 Å². The van der Waals surface area contributed by atoms with Crippen molar-refractivity contribution in [2.75, 3.05) is 0 Å². The predicted octanol–water partition coefficient (Wildman–Crippen LogP) is 0.365. The van der Waals surface area contributed by atoms with E-state index in [0.29, 0.717) is 25.7 Å². The summed E-state index contributed by atoms with van der Waals surface area (Å²) in [6.07, 6.45) is 3.88. The van der Waals surface area contributed by atoms with Crippen molar-refractivity contribution < 1.29 is 29.4 Å². The molecule has 0 aromatic rings. The van der Waals surface area contributed by atoms with Crippen LogP contribution in [-0.2, 0) is 19.2 Å². The van der Waals surface area contributed by atoms with Crippen LogP contribution in [0.15, 0.2) is 0 Å². The van der Waals surface area contributed by atoms with Crippen molar-refractivity contribution >= 4 is 39.8 Å². The Morgan fingerprint density at radius 2 is 1.09 bits per heavy atom. The van der Waals surface area contributed by atoms with Crippen LogP contribution in [-0.4, -0.2) is 39.8 Å². The molecule has 23 heavy (non-hydrogen) atoms. The molecule has 6 nitrogen and oxygen atoms in total. The first-order chi connectivity index (χ1) is 10.7. The molecule has 0 radical (unpaired) electrons. The molecule has 0 aromatic heterocycles. The second-order valence-corrected chi connectivity index (χ2v) is 5.39. The molecular weight excluding hydrogens is 315 g/mol. The second kappa shape index (κ2) is 20.8. The van der Waals surface area contributed by atoms with Crippen LogP contribution < -0.4 is 10.2 Å². The average Bonchev–Trinajstić information content (AvgIpc) is 2.39. The van der Waals surface area contributed by atoms with Gasteiger partial charge in [-0.3, -0.25) is 9.59 Å². The van der Waals surface area contributed by atoms with Gasteiger partial charge in [0.25, 0.3) is 0 Å². The molecule has 0 atom stereocenters. The second-order valence-electron chi connectivity index (χ2n) is 4.82. The molecule has 130 valence electrons. The SMILES string of the molecule is CCCC(=O)CC(=O)[O-].CCCC(=O)CC(=O)[O-].CCC[CH2][Al+2]. The van der Waals surface area contributed by atoms with E-state index in [4.69, 9.17) is 0 Å². The minimum absolute atomic E-state index is 0.252. The van der Waals surface area contributed by atoms with Crippen molar-refractivity contribution in [1.82, 2.24) is 0 Å². The van der Waals surface area contributed by atoms with Crippen molar-refractivity contribution in [1.29, 1.82) is 0 Å². The molecule has 0 aliphatic carbocycles. The summed E-state index contributed by atoms with van der Waals surface area (Å²) in [7, 11) is 0. The molecule has 0 heterocycles. The molecule has 0 bridgehead atoms. The molecule has 0 fully saturated rings. The van der Waals surface area contributed by atoms with E-state index in [2.05, 4.69) is 23.2 Å². The third kappa shape index (κ3) is 33.6. The standard InChI is InChI=1S/2C6H10O3.C4H9.Al/c2*1-2-3-5(7)4-6(8)9;1-3-4-2;/h2*2-4H2,1H3,(H,8,9);1,3-4H2,2H3;/q;;;+2/p-2. The molecule has 0 spiro atoms. The number of hydrogen-bond acceptors (Lipinski definition) is 6. The number of unbranched alkanes of at least 4 members (excludes halogenated alkanes) is 1. The number of carboxylic acids is 2. The summed E-state index contributed by atoms with van der Waals surface area (Å²) >= 11 is 2.70. The number of ketones is 2. The van der Waals surface area contributed by atoms with Crippen molar-refractivity contribution in [3.8, 4) is 0 Å². The number of carbonyl (C=O) groups is 4. The van der Waals surface area contributed by atoms with Gasteiger partial charge in [-0.15, -0.1) is 0 Å². The molecule has 0 unspecified atom stereocenters. The Morgan fingerprint density at radius 1 is 0.739 bits per heavy atom. The van der Waals surface area contributed by atoms with Crippen LogP contribution in [0.2, 0.25) is 5.28 Å². The number of carbonyl (C=O) groups excluding carboxylic acids is 4. The topological polar surface area (TPSA) is 114 Å². The number of rotatable bonds is 10. The fourth-order valence-electron chi connectivity index (χ4n) is 1.26. The predicted molar refractivity (Wildman–Crippen MR) is 84.5 cm³/mol. The van der Waals surface area contributed by atoms with Crippen LogP contribution in [0.3, 0.4) is 0 Å². The maximum atomic E-state index is 10.4. The molecule has 0 amide bonds. The van der Waals surface area contributed by atoms with E-state index in [1.165, 1.54) is 18.1 Å². The van der Waals surface area contributed by atoms with Crippen LogP contribution >= 0.6 is 0 Å². The zero-order valence-electron chi connectivity index (χ0n) is 14.4. The Hall–Kier alpha value is -1.19. The molecule has 0 rings (SSSR count). The molecule has 0 saturated heterocycles. The van der Waals surface area contributed by atoms with Gasteiger partial charge in [0.1, 0.15) is 11.6 Å². The van der Waals surface area contributed by atoms with E-state index >= 15 is 0 Å². The first-order valence-corrected chi connectivity index (χ1v) is 8.69. The fourth-order valence-corrected chi connectivity index (χ4v) is 1.67. The van der Waals surface area contributed by atoms with Gasteiger partial charge >= 0.3 is 41.3 Å². The van der Waals surface area contributed by atoms with Gasteiger partial charge in [0.15, 0.2) is 0 Å². The number of hydrogen-bond donors (Lipinski definition) is 0. The molecule has 7 heteroatoms. The normalized spacial score (nSPS) is 8.91. The molecule has 0 aliphatic rings. The summed E-state index contributed by atoms with van der Waals surface area (Å²) in [5, 5.41) is 20.8. The Bertz CT molecular complexity index is 309. The van der Waals surface area contributed by atoms with Crippen LogP contribution in [0.4, 0.5) is 0 Å². The zero-order valence-corrected chi connectivity index (χ0v) is 15.5. The first-order valence-electron chi connectivity index (χ1n) is 7.88. The third-order valence-electron chi connectivity index (χ3n) is 2.30. The van der Waals surface area contributed by atoms with E-state index in [9.17, 15) is 29.4 Å². The average molecular weight is 342 g/mol. The van der Waals surface area contributed by atoms with Gasteiger partial charge in [0.2, 0.25) is 0 Å². The Kier molecular flexibility index (Phi) is 24.2. The van der Waals surface area contributed by atoms with Crippen LogP contribution in [0, 0.1) is 0 Å². The van der Waals surface area contributed by atoms with Gasteiger partial charge in [-0.1, -0.05) is 13.8 Å². The quantitative estimate of drug-likeness (QED) is 0.418. The minimum atomic E-state index is -1.28. The molecule has 0 aromatic carbocycles. The van der Waals surface area contributed by atoms with Gasteiger partial charge in [-0.2, -0.15) is 0 Å². The number of Topliss-reactive ketones (excluding diaryl/α,β-unsaturated/α-hetero) is 2. The summed E-state index contributed by atoms with van der Waals surface area (Å²) in [5.74, 6) is -3.07. The molecular formula is C16H27AlO6. The van der Waals surface area contributed by atoms with E-state index < -0.39 is 24.8 Å². The van der Waals surface area contributed by atoms with E-state index in [0.717, 1.165) is 0 Å². The van der Waals surface area contributed by atoms with E-state index in [-0.39, 0.29) is 11.6 Å². The molecule has 0 aliphatic heterocycles. The Morgan fingerprint density at radius 3 is 1.22 bits per heavy atom. The van der Waals surface area contributed by atoms with Crippen molar-refractivity contribution in [2.24, 2.45) is 0 Å². The molecule has 0 saturated carbocycles. The maximum absolute atomic E-state index is 10.4. The van der Waals surface area contributed by atoms with Gasteiger partial charge in [-0.05, 0) is 12.8 Å². The van der Waals surface area contributed by atoms with Crippen LogP contribution in [0.5, 0.6) is 0 Å². The fraction of sp³-hybridized carbons (Fsp3) is 0.750. The van der Waals surface area contributed by atoms with Gasteiger partial charge in [-0.25, -0.2) is 0 Å². The van der Waals surface area contributed by atoms with Crippen LogP contribution in [0.25, 0.3) is 0 Å². The van der Waals surface area contributed by atoms with Gasteiger partial charge < -0.3 is 19.8 Å². The van der Waals surface area contributed by atoms with Crippen molar-refractivity contribution in [3.63, 3.8) is 0 Å². The monoisotopic (exact) mass is 342 g/mol. The molecule has 0 N–H and O–H groups in total. The third-order valence-corrected chi connectivity index (χ3v) is 2.71. The summed E-state index contributed by atoms with van der Waals surface area (Å²) < 4.78 is 0. The summed E-state index contributed by atoms with van der Waals surface area (Å²) in [6, 6.07) is 0. The zero-order chi connectivity index (χ0) is 18.7. The first kappa shape index (κ1) is 26.7. The number of carboxylic acid groups (broad SMARTS) is 2.